The topological polar surface area (TPSA) is 65.0 Å². The summed E-state index contributed by atoms with van der Waals surface area (Å²) in [6.45, 7) is 0. The second kappa shape index (κ2) is 11.8. The molecule has 12 aromatic rings. The van der Waals surface area contributed by atoms with Gasteiger partial charge in [0.25, 0.3) is 0 Å². The standard InChI is InChI=1S/C53H29N3O2/c1-2-11-31-28-33(23-22-30(31)10-1)51-54-52(42-17-8-20-45-49(42)40-14-5-6-19-44(40)57-45)56-53(55-51)43-18-9-21-46-50(43)41-25-24-32(29-47(41)58-46)34-26-27-39-36-13-4-3-12-35(36)38-16-7-15-37(34)48(38)39/h1-29H. The fraction of sp³-hybridized carbons (Fsp3) is 0. The molecule has 0 fully saturated rings. The Bertz CT molecular complexity index is 3680. The molecule has 3 aromatic heterocycles. The summed E-state index contributed by atoms with van der Waals surface area (Å²) in [5, 5.41) is 8.79. The van der Waals surface area contributed by atoms with Crippen molar-refractivity contribution in [2.75, 3.05) is 0 Å². The summed E-state index contributed by atoms with van der Waals surface area (Å²) in [5.41, 5.74) is 13.3. The molecule has 0 saturated carbocycles. The third-order valence-corrected chi connectivity index (χ3v) is 11.9. The van der Waals surface area contributed by atoms with Crippen LogP contribution in [0, 0.1) is 0 Å². The number of para-hydroxylation sites is 1. The van der Waals surface area contributed by atoms with E-state index >= 15 is 0 Å². The van der Waals surface area contributed by atoms with Crippen molar-refractivity contribution in [1.29, 1.82) is 0 Å². The van der Waals surface area contributed by atoms with E-state index in [9.17, 15) is 0 Å². The second-order valence-corrected chi connectivity index (χ2v) is 15.1. The summed E-state index contributed by atoms with van der Waals surface area (Å²) in [6.07, 6.45) is 0. The van der Waals surface area contributed by atoms with Crippen molar-refractivity contribution in [3.05, 3.63) is 176 Å². The molecule has 0 unspecified atom stereocenters. The molecule has 9 aromatic carbocycles. The van der Waals surface area contributed by atoms with E-state index in [0.717, 1.165) is 76.9 Å². The van der Waals surface area contributed by atoms with Crippen LogP contribution in [0.15, 0.2) is 185 Å². The largest absolute Gasteiger partial charge is 0.456 e. The van der Waals surface area contributed by atoms with Crippen LogP contribution in [0.4, 0.5) is 0 Å². The molecule has 0 atom stereocenters. The minimum atomic E-state index is 0.572. The molecular weight excluding hydrogens is 711 g/mol. The van der Waals surface area contributed by atoms with Crippen molar-refractivity contribution in [3.63, 3.8) is 0 Å². The molecule has 5 nitrogen and oxygen atoms in total. The first-order valence-electron chi connectivity index (χ1n) is 19.5. The molecule has 0 aliphatic heterocycles. The quantitative estimate of drug-likeness (QED) is 0.180. The van der Waals surface area contributed by atoms with E-state index in [0.29, 0.717) is 17.5 Å². The Kier molecular flexibility index (Phi) is 6.38. The molecule has 1 aliphatic rings. The van der Waals surface area contributed by atoms with Gasteiger partial charge in [0.05, 0.1) is 0 Å². The van der Waals surface area contributed by atoms with E-state index in [1.54, 1.807) is 0 Å². The van der Waals surface area contributed by atoms with Crippen molar-refractivity contribution < 1.29 is 8.83 Å². The van der Waals surface area contributed by atoms with Crippen LogP contribution in [0.2, 0.25) is 0 Å². The Morgan fingerprint density at radius 2 is 0.810 bits per heavy atom. The molecule has 0 N–H and O–H groups in total. The average molecular weight is 740 g/mol. The number of furan rings is 2. The zero-order valence-corrected chi connectivity index (χ0v) is 30.9. The minimum Gasteiger partial charge on any atom is -0.456 e. The van der Waals surface area contributed by atoms with Gasteiger partial charge in [-0.25, -0.2) is 15.0 Å². The average Bonchev–Trinajstić information content (AvgIpc) is 3.96. The van der Waals surface area contributed by atoms with Crippen LogP contribution >= 0.6 is 0 Å². The zero-order chi connectivity index (χ0) is 37.9. The Balaban J connectivity index is 1.01. The van der Waals surface area contributed by atoms with E-state index in [-0.39, 0.29) is 0 Å². The second-order valence-electron chi connectivity index (χ2n) is 15.1. The number of nitrogens with zero attached hydrogens (tertiary/aromatic N) is 3. The van der Waals surface area contributed by atoms with Crippen molar-refractivity contribution >= 4 is 65.4 Å². The summed E-state index contributed by atoms with van der Waals surface area (Å²) < 4.78 is 13.0. The Hall–Kier alpha value is -7.89. The lowest BCUT2D eigenvalue weighted by molar-refractivity contribution is 0.668. The molecule has 3 heterocycles. The van der Waals surface area contributed by atoms with Gasteiger partial charge < -0.3 is 8.83 Å². The van der Waals surface area contributed by atoms with Crippen LogP contribution in [-0.2, 0) is 0 Å². The first-order valence-corrected chi connectivity index (χ1v) is 19.5. The zero-order valence-electron chi connectivity index (χ0n) is 30.9. The lowest BCUT2D eigenvalue weighted by Gasteiger charge is -2.11. The maximum absolute atomic E-state index is 6.69. The normalized spacial score (nSPS) is 12.1. The Labute approximate surface area is 331 Å². The lowest BCUT2D eigenvalue weighted by Crippen LogP contribution is -2.00. The highest BCUT2D eigenvalue weighted by Gasteiger charge is 2.24. The first kappa shape index (κ1) is 31.3. The van der Waals surface area contributed by atoms with Crippen LogP contribution in [0.3, 0.4) is 0 Å². The molecule has 1 aliphatic carbocycles. The third kappa shape index (κ3) is 4.50. The van der Waals surface area contributed by atoms with Crippen LogP contribution in [0.1, 0.15) is 0 Å². The van der Waals surface area contributed by atoms with E-state index in [2.05, 4.69) is 133 Å². The van der Waals surface area contributed by atoms with E-state index in [1.807, 2.05) is 42.5 Å². The summed E-state index contributed by atoms with van der Waals surface area (Å²) >= 11 is 0. The van der Waals surface area contributed by atoms with Gasteiger partial charge in [0.15, 0.2) is 17.5 Å². The highest BCUT2D eigenvalue weighted by molar-refractivity contribution is 6.19. The van der Waals surface area contributed by atoms with Gasteiger partial charge in [-0.2, -0.15) is 0 Å². The van der Waals surface area contributed by atoms with Crippen LogP contribution in [0.25, 0.3) is 133 Å². The Morgan fingerprint density at radius 3 is 1.60 bits per heavy atom. The number of hydrogen-bond donors (Lipinski definition) is 0. The summed E-state index contributed by atoms with van der Waals surface area (Å²) in [5.74, 6) is 1.74. The predicted molar refractivity (Wildman–Crippen MR) is 236 cm³/mol. The van der Waals surface area contributed by atoms with E-state index in [1.165, 1.54) is 38.6 Å². The molecule has 0 saturated heterocycles. The molecule has 268 valence electrons. The van der Waals surface area contributed by atoms with Crippen LogP contribution in [0.5, 0.6) is 0 Å². The third-order valence-electron chi connectivity index (χ3n) is 11.9. The van der Waals surface area contributed by atoms with Gasteiger partial charge in [-0.15, -0.1) is 0 Å². The van der Waals surface area contributed by atoms with Gasteiger partial charge in [-0.3, -0.25) is 0 Å². The van der Waals surface area contributed by atoms with Gasteiger partial charge in [-0.1, -0.05) is 140 Å². The minimum absolute atomic E-state index is 0.572. The number of hydrogen-bond acceptors (Lipinski definition) is 5. The van der Waals surface area contributed by atoms with E-state index < -0.39 is 0 Å². The molecule has 0 radical (unpaired) electrons. The van der Waals surface area contributed by atoms with Crippen molar-refractivity contribution in [2.24, 2.45) is 0 Å². The van der Waals surface area contributed by atoms with Gasteiger partial charge in [0, 0.05) is 38.2 Å². The highest BCUT2D eigenvalue weighted by Crippen LogP contribution is 2.49. The number of benzene rings is 9. The first-order chi connectivity index (χ1) is 28.7. The maximum atomic E-state index is 6.69. The van der Waals surface area contributed by atoms with Crippen molar-refractivity contribution in [1.82, 2.24) is 15.0 Å². The number of rotatable bonds is 4. The molecule has 0 spiro atoms. The molecular formula is C53H29N3O2. The molecule has 5 heteroatoms. The molecule has 58 heavy (non-hydrogen) atoms. The van der Waals surface area contributed by atoms with Gasteiger partial charge in [-0.05, 0) is 91.3 Å². The number of aromatic nitrogens is 3. The highest BCUT2D eigenvalue weighted by atomic mass is 16.3. The van der Waals surface area contributed by atoms with E-state index in [4.69, 9.17) is 23.8 Å². The van der Waals surface area contributed by atoms with Crippen LogP contribution < -0.4 is 0 Å². The fourth-order valence-electron chi connectivity index (χ4n) is 9.28. The lowest BCUT2D eigenvalue weighted by atomic mass is 9.93. The van der Waals surface area contributed by atoms with Gasteiger partial charge in [0.2, 0.25) is 0 Å². The van der Waals surface area contributed by atoms with Gasteiger partial charge in [0.1, 0.15) is 22.3 Å². The Morgan fingerprint density at radius 1 is 0.276 bits per heavy atom. The summed E-state index contributed by atoms with van der Waals surface area (Å²) in [7, 11) is 0. The van der Waals surface area contributed by atoms with Gasteiger partial charge >= 0.3 is 0 Å². The monoisotopic (exact) mass is 739 g/mol. The van der Waals surface area contributed by atoms with Crippen LogP contribution in [-0.4, -0.2) is 15.0 Å². The van der Waals surface area contributed by atoms with Crippen molar-refractivity contribution in [2.45, 2.75) is 0 Å². The predicted octanol–water partition coefficient (Wildman–Crippen LogP) is 14.3. The molecule has 13 rings (SSSR count). The van der Waals surface area contributed by atoms with Crippen molar-refractivity contribution in [3.8, 4) is 67.5 Å². The SMILES string of the molecule is c1ccc2c(c1)-c1cccc3c(-c4ccc5c(c4)oc4cccc(-c6nc(-c7ccc8ccccc8c7)nc(-c7cccc8oc9ccccc9c78)n6)c45)ccc-2c13. The fourth-order valence-corrected chi connectivity index (χ4v) is 9.28. The smallest absolute Gasteiger partial charge is 0.164 e. The maximum Gasteiger partial charge on any atom is 0.164 e. The molecule has 0 bridgehead atoms. The summed E-state index contributed by atoms with van der Waals surface area (Å²) in [6, 6.07) is 61.5. The summed E-state index contributed by atoms with van der Waals surface area (Å²) in [4.78, 5) is 15.7. The number of fused-ring (bicyclic) bond motifs is 10. The molecule has 0 amide bonds.